The van der Waals surface area contributed by atoms with E-state index in [0.29, 0.717) is 18.0 Å². The quantitative estimate of drug-likeness (QED) is 0.728. The van der Waals surface area contributed by atoms with E-state index in [9.17, 15) is 13.2 Å². The predicted octanol–water partition coefficient (Wildman–Crippen LogP) is 2.21. The molecule has 0 unspecified atom stereocenters. The van der Waals surface area contributed by atoms with Crippen LogP contribution in [0.15, 0.2) is 54.6 Å². The highest BCUT2D eigenvalue weighted by atomic mass is 32.2. The van der Waals surface area contributed by atoms with Crippen LogP contribution >= 0.6 is 0 Å². The number of anilines is 1. The van der Waals surface area contributed by atoms with Gasteiger partial charge < -0.3 is 10.1 Å². The molecule has 2 aromatic rings. The third kappa shape index (κ3) is 6.07. The van der Waals surface area contributed by atoms with E-state index in [-0.39, 0.29) is 18.9 Å². The van der Waals surface area contributed by atoms with E-state index in [1.807, 2.05) is 30.3 Å². The van der Waals surface area contributed by atoms with Crippen LogP contribution in [0.3, 0.4) is 0 Å². The zero-order valence-corrected chi connectivity index (χ0v) is 15.8. The molecule has 0 heterocycles. The molecule has 6 nitrogen and oxygen atoms in total. The van der Waals surface area contributed by atoms with Gasteiger partial charge in [0.1, 0.15) is 5.75 Å². The summed E-state index contributed by atoms with van der Waals surface area (Å²) in [5.41, 5.74) is 1.62. The van der Waals surface area contributed by atoms with Gasteiger partial charge in [0.25, 0.3) is 0 Å². The van der Waals surface area contributed by atoms with Gasteiger partial charge in [-0.25, -0.2) is 8.42 Å². The lowest BCUT2D eigenvalue weighted by atomic mass is 10.1. The van der Waals surface area contributed by atoms with E-state index in [1.54, 1.807) is 24.3 Å². The number of ether oxygens (including phenoxy) is 1. The summed E-state index contributed by atoms with van der Waals surface area (Å²) >= 11 is 0. The molecule has 0 fully saturated rings. The van der Waals surface area contributed by atoms with E-state index in [1.165, 1.54) is 11.4 Å². The highest BCUT2D eigenvalue weighted by Crippen LogP contribution is 2.23. The lowest BCUT2D eigenvalue weighted by Crippen LogP contribution is -2.35. The molecule has 0 aliphatic carbocycles. The van der Waals surface area contributed by atoms with Crippen LogP contribution < -0.4 is 14.4 Å². The van der Waals surface area contributed by atoms with Gasteiger partial charge in [0.15, 0.2) is 0 Å². The Morgan fingerprint density at radius 3 is 2.50 bits per heavy atom. The second kappa shape index (κ2) is 9.24. The van der Waals surface area contributed by atoms with Crippen LogP contribution in [0.2, 0.25) is 0 Å². The standard InChI is InChI=1S/C19H24N2O4S/c1-25-18-10-6-9-17(15-18)21(26(2,23)24)14-12-19(22)20-13-11-16-7-4-3-5-8-16/h3-10,15H,11-14H2,1-2H3,(H,20,22). The van der Waals surface area contributed by atoms with Crippen LogP contribution in [0.4, 0.5) is 5.69 Å². The first-order chi connectivity index (χ1) is 12.4. The predicted molar refractivity (Wildman–Crippen MR) is 103 cm³/mol. The molecule has 7 heteroatoms. The zero-order valence-electron chi connectivity index (χ0n) is 15.0. The van der Waals surface area contributed by atoms with Gasteiger partial charge in [-0.15, -0.1) is 0 Å². The third-order valence-electron chi connectivity index (χ3n) is 3.86. The first-order valence-corrected chi connectivity index (χ1v) is 10.2. The molecule has 0 bridgehead atoms. The number of hydrogen-bond acceptors (Lipinski definition) is 4. The van der Waals surface area contributed by atoms with Crippen LogP contribution in [0.5, 0.6) is 5.75 Å². The van der Waals surface area contributed by atoms with Crippen molar-refractivity contribution in [1.82, 2.24) is 5.32 Å². The number of nitrogens with zero attached hydrogens (tertiary/aromatic N) is 1. The van der Waals surface area contributed by atoms with E-state index < -0.39 is 10.0 Å². The number of rotatable bonds is 9. The van der Waals surface area contributed by atoms with E-state index >= 15 is 0 Å². The number of benzene rings is 2. The Bertz CT molecular complexity index is 822. The maximum absolute atomic E-state index is 12.1. The monoisotopic (exact) mass is 376 g/mol. The largest absolute Gasteiger partial charge is 0.497 e. The van der Waals surface area contributed by atoms with Crippen molar-refractivity contribution < 1.29 is 17.9 Å². The minimum absolute atomic E-state index is 0.0726. The highest BCUT2D eigenvalue weighted by molar-refractivity contribution is 7.92. The summed E-state index contributed by atoms with van der Waals surface area (Å²) in [6.07, 6.45) is 1.94. The number of methoxy groups -OCH3 is 1. The van der Waals surface area contributed by atoms with Crippen molar-refractivity contribution in [3.8, 4) is 5.75 Å². The second-order valence-corrected chi connectivity index (χ2v) is 7.78. The van der Waals surface area contributed by atoms with Gasteiger partial charge in [0.2, 0.25) is 15.9 Å². The molecule has 2 rings (SSSR count). The maximum atomic E-state index is 12.1. The SMILES string of the molecule is COc1cccc(N(CCC(=O)NCCc2ccccc2)S(C)(=O)=O)c1. The Hall–Kier alpha value is -2.54. The normalized spacial score (nSPS) is 11.0. The minimum Gasteiger partial charge on any atom is -0.497 e. The molecule has 0 aromatic heterocycles. The van der Waals surface area contributed by atoms with Crippen molar-refractivity contribution in [2.45, 2.75) is 12.8 Å². The van der Waals surface area contributed by atoms with Crippen molar-refractivity contribution in [3.05, 3.63) is 60.2 Å². The molecule has 26 heavy (non-hydrogen) atoms. The van der Waals surface area contributed by atoms with Crippen molar-refractivity contribution in [1.29, 1.82) is 0 Å². The van der Waals surface area contributed by atoms with Crippen molar-refractivity contribution in [2.24, 2.45) is 0 Å². The summed E-state index contributed by atoms with van der Waals surface area (Å²) in [6, 6.07) is 16.6. The Morgan fingerprint density at radius 1 is 1.12 bits per heavy atom. The summed E-state index contributed by atoms with van der Waals surface area (Å²) in [4.78, 5) is 12.1. The fourth-order valence-electron chi connectivity index (χ4n) is 2.53. The number of nitrogens with one attached hydrogen (secondary N) is 1. The molecule has 140 valence electrons. The number of carbonyl (C=O) groups excluding carboxylic acids is 1. The molecular weight excluding hydrogens is 352 g/mol. The van der Waals surface area contributed by atoms with Gasteiger partial charge in [-0.2, -0.15) is 0 Å². The fraction of sp³-hybridized carbons (Fsp3) is 0.316. The Labute approximate surface area is 154 Å². The Morgan fingerprint density at radius 2 is 1.85 bits per heavy atom. The summed E-state index contributed by atoms with van der Waals surface area (Å²) < 4.78 is 30.5. The number of hydrogen-bond donors (Lipinski definition) is 1. The van der Waals surface area contributed by atoms with Crippen LogP contribution in [-0.4, -0.2) is 40.8 Å². The number of sulfonamides is 1. The van der Waals surface area contributed by atoms with Crippen LogP contribution in [0.25, 0.3) is 0 Å². The summed E-state index contributed by atoms with van der Waals surface area (Å²) in [7, 11) is -1.99. The average Bonchev–Trinajstić information content (AvgIpc) is 2.62. The smallest absolute Gasteiger partial charge is 0.232 e. The molecular formula is C19H24N2O4S. The topological polar surface area (TPSA) is 75.7 Å². The van der Waals surface area contributed by atoms with Crippen LogP contribution in [0.1, 0.15) is 12.0 Å². The van der Waals surface area contributed by atoms with Gasteiger partial charge in [-0.3, -0.25) is 9.10 Å². The van der Waals surface area contributed by atoms with Gasteiger partial charge in [-0.1, -0.05) is 36.4 Å². The van der Waals surface area contributed by atoms with Crippen molar-refractivity contribution >= 4 is 21.6 Å². The number of carbonyl (C=O) groups is 1. The molecule has 0 atom stereocenters. The minimum atomic E-state index is -3.50. The average molecular weight is 376 g/mol. The summed E-state index contributed by atoms with van der Waals surface area (Å²) in [6.45, 7) is 0.587. The highest BCUT2D eigenvalue weighted by Gasteiger charge is 2.19. The van der Waals surface area contributed by atoms with Crippen LogP contribution in [-0.2, 0) is 21.2 Å². The molecule has 0 aliphatic heterocycles. The summed E-state index contributed by atoms with van der Waals surface area (Å²) in [5, 5.41) is 2.83. The molecule has 0 saturated heterocycles. The first-order valence-electron chi connectivity index (χ1n) is 8.32. The molecule has 0 radical (unpaired) electrons. The summed E-state index contributed by atoms with van der Waals surface area (Å²) in [5.74, 6) is 0.376. The van der Waals surface area contributed by atoms with Gasteiger partial charge >= 0.3 is 0 Å². The molecule has 0 saturated carbocycles. The van der Waals surface area contributed by atoms with Gasteiger partial charge in [0.05, 0.1) is 19.1 Å². The zero-order chi connectivity index (χ0) is 19.0. The lowest BCUT2D eigenvalue weighted by Gasteiger charge is -2.22. The molecule has 2 aromatic carbocycles. The number of amides is 1. The lowest BCUT2D eigenvalue weighted by molar-refractivity contribution is -0.120. The van der Waals surface area contributed by atoms with Gasteiger partial charge in [-0.05, 0) is 24.1 Å². The van der Waals surface area contributed by atoms with Crippen molar-refractivity contribution in [2.75, 3.05) is 30.8 Å². The van der Waals surface area contributed by atoms with Gasteiger partial charge in [0, 0.05) is 25.6 Å². The fourth-order valence-corrected chi connectivity index (χ4v) is 3.45. The Kier molecular flexibility index (Phi) is 7.03. The third-order valence-corrected chi connectivity index (χ3v) is 5.06. The Balaban J connectivity index is 1.91. The van der Waals surface area contributed by atoms with Crippen LogP contribution in [0, 0.1) is 0 Å². The van der Waals surface area contributed by atoms with E-state index in [0.717, 1.165) is 18.2 Å². The van der Waals surface area contributed by atoms with E-state index in [2.05, 4.69) is 5.32 Å². The molecule has 1 amide bonds. The van der Waals surface area contributed by atoms with E-state index in [4.69, 9.17) is 4.74 Å². The molecule has 0 spiro atoms. The first kappa shape index (κ1) is 19.8. The molecule has 1 N–H and O–H groups in total. The maximum Gasteiger partial charge on any atom is 0.232 e. The van der Waals surface area contributed by atoms with Crippen molar-refractivity contribution in [3.63, 3.8) is 0 Å². The second-order valence-electron chi connectivity index (χ2n) is 5.87. The molecule has 0 aliphatic rings.